The molecule has 0 bridgehead atoms. The van der Waals surface area contributed by atoms with Crippen molar-refractivity contribution in [1.29, 1.82) is 0 Å². The first kappa shape index (κ1) is 12.9. The van der Waals surface area contributed by atoms with Gasteiger partial charge < -0.3 is 15.7 Å². The van der Waals surface area contributed by atoms with E-state index in [4.69, 9.17) is 0 Å². The van der Waals surface area contributed by atoms with E-state index < -0.39 is 0 Å². The van der Waals surface area contributed by atoms with E-state index in [0.29, 0.717) is 24.3 Å². The zero-order valence-corrected chi connectivity index (χ0v) is 10.6. The second-order valence-corrected chi connectivity index (χ2v) is 4.98. The molecule has 1 amide bonds. The predicted molar refractivity (Wildman–Crippen MR) is 70.4 cm³/mol. The monoisotopic (exact) mass is 248 g/mol. The van der Waals surface area contributed by atoms with Crippen LogP contribution in [0.1, 0.15) is 25.3 Å². The molecule has 1 fully saturated rings. The van der Waals surface area contributed by atoms with Crippen molar-refractivity contribution in [3.63, 3.8) is 0 Å². The Balaban J connectivity index is 1.79. The molecule has 1 aromatic rings. The zero-order valence-electron chi connectivity index (χ0n) is 10.6. The van der Waals surface area contributed by atoms with Gasteiger partial charge in [-0.15, -0.1) is 0 Å². The Morgan fingerprint density at radius 2 is 2.17 bits per heavy atom. The van der Waals surface area contributed by atoms with Crippen LogP contribution in [0.4, 0.5) is 0 Å². The standard InChI is InChI=1S/C14H20N2O2/c1-10(8-11-2-5-13(17)6-3-11)16-12-4-7-14(18)15-9-12/h2-3,5-6,10,12,16-17H,4,7-9H2,1H3,(H,15,18). The van der Waals surface area contributed by atoms with Gasteiger partial charge >= 0.3 is 0 Å². The van der Waals surface area contributed by atoms with E-state index in [2.05, 4.69) is 17.6 Å². The summed E-state index contributed by atoms with van der Waals surface area (Å²) in [5.74, 6) is 0.452. The molecule has 3 N–H and O–H groups in total. The second-order valence-electron chi connectivity index (χ2n) is 4.98. The Morgan fingerprint density at radius 3 is 2.78 bits per heavy atom. The third kappa shape index (κ3) is 3.74. The number of piperidine rings is 1. The van der Waals surface area contributed by atoms with E-state index in [0.717, 1.165) is 19.4 Å². The molecule has 1 aromatic carbocycles. The molecule has 2 rings (SSSR count). The minimum atomic E-state index is 0.152. The summed E-state index contributed by atoms with van der Waals surface area (Å²) < 4.78 is 0. The summed E-state index contributed by atoms with van der Waals surface area (Å²) in [6, 6.07) is 8.03. The van der Waals surface area contributed by atoms with E-state index in [-0.39, 0.29) is 5.91 Å². The summed E-state index contributed by atoms with van der Waals surface area (Å²) in [5, 5.41) is 15.6. The highest BCUT2D eigenvalue weighted by Crippen LogP contribution is 2.12. The van der Waals surface area contributed by atoms with Crippen LogP contribution in [0.2, 0.25) is 0 Å². The molecule has 2 atom stereocenters. The van der Waals surface area contributed by atoms with Crippen molar-refractivity contribution >= 4 is 5.91 Å². The molecule has 0 saturated carbocycles. The van der Waals surface area contributed by atoms with Crippen molar-refractivity contribution in [3.05, 3.63) is 29.8 Å². The van der Waals surface area contributed by atoms with Crippen LogP contribution >= 0.6 is 0 Å². The van der Waals surface area contributed by atoms with Gasteiger partial charge in [-0.3, -0.25) is 4.79 Å². The van der Waals surface area contributed by atoms with Crippen molar-refractivity contribution in [2.45, 2.75) is 38.3 Å². The second kappa shape index (κ2) is 5.87. The molecule has 4 nitrogen and oxygen atoms in total. The Kier molecular flexibility index (Phi) is 4.20. The maximum absolute atomic E-state index is 11.1. The number of hydrogen-bond donors (Lipinski definition) is 3. The Morgan fingerprint density at radius 1 is 1.44 bits per heavy atom. The minimum absolute atomic E-state index is 0.152. The lowest BCUT2D eigenvalue weighted by Crippen LogP contribution is -2.48. The highest BCUT2D eigenvalue weighted by molar-refractivity contribution is 5.76. The summed E-state index contributed by atoms with van der Waals surface area (Å²) in [6.07, 6.45) is 2.44. The number of hydrogen-bond acceptors (Lipinski definition) is 3. The number of phenolic OH excluding ortho intramolecular Hbond substituents is 1. The zero-order chi connectivity index (χ0) is 13.0. The van der Waals surface area contributed by atoms with Crippen LogP contribution in [0.5, 0.6) is 5.75 Å². The van der Waals surface area contributed by atoms with E-state index in [1.54, 1.807) is 12.1 Å². The first-order valence-electron chi connectivity index (χ1n) is 6.44. The van der Waals surface area contributed by atoms with Crippen LogP contribution < -0.4 is 10.6 Å². The highest BCUT2D eigenvalue weighted by atomic mass is 16.3. The van der Waals surface area contributed by atoms with Gasteiger partial charge in [0.2, 0.25) is 5.91 Å². The van der Waals surface area contributed by atoms with E-state index in [1.165, 1.54) is 5.56 Å². The molecule has 0 radical (unpaired) electrons. The lowest BCUT2D eigenvalue weighted by atomic mass is 10.0. The molecule has 0 aromatic heterocycles. The molecule has 1 heterocycles. The number of carbonyl (C=O) groups is 1. The fourth-order valence-electron chi connectivity index (χ4n) is 2.32. The van der Waals surface area contributed by atoms with Crippen LogP contribution in [0.15, 0.2) is 24.3 Å². The number of carbonyl (C=O) groups excluding carboxylic acids is 1. The number of amides is 1. The summed E-state index contributed by atoms with van der Waals surface area (Å²) in [4.78, 5) is 11.1. The van der Waals surface area contributed by atoms with Crippen molar-refractivity contribution in [1.82, 2.24) is 10.6 Å². The van der Waals surface area contributed by atoms with Crippen molar-refractivity contribution in [3.8, 4) is 5.75 Å². The minimum Gasteiger partial charge on any atom is -0.508 e. The summed E-state index contributed by atoms with van der Waals surface area (Å²) in [6.45, 7) is 2.86. The lowest BCUT2D eigenvalue weighted by Gasteiger charge is -2.27. The number of phenols is 1. The summed E-state index contributed by atoms with van der Waals surface area (Å²) >= 11 is 0. The smallest absolute Gasteiger partial charge is 0.220 e. The van der Waals surface area contributed by atoms with E-state index in [1.807, 2.05) is 12.1 Å². The average molecular weight is 248 g/mol. The maximum atomic E-state index is 11.1. The Bertz CT molecular complexity index is 393. The molecule has 1 saturated heterocycles. The molecule has 2 unspecified atom stereocenters. The fraction of sp³-hybridized carbons (Fsp3) is 0.500. The quantitative estimate of drug-likeness (QED) is 0.750. The van der Waals surface area contributed by atoms with Crippen LogP contribution in [-0.4, -0.2) is 29.6 Å². The van der Waals surface area contributed by atoms with Crippen molar-refractivity contribution < 1.29 is 9.90 Å². The van der Waals surface area contributed by atoms with Crippen LogP contribution in [0, 0.1) is 0 Å². The van der Waals surface area contributed by atoms with Gasteiger partial charge in [0.25, 0.3) is 0 Å². The van der Waals surface area contributed by atoms with Crippen LogP contribution in [0.3, 0.4) is 0 Å². The maximum Gasteiger partial charge on any atom is 0.220 e. The number of aromatic hydroxyl groups is 1. The summed E-state index contributed by atoms with van der Waals surface area (Å²) in [5.41, 5.74) is 1.20. The number of nitrogens with one attached hydrogen (secondary N) is 2. The average Bonchev–Trinajstić information content (AvgIpc) is 2.35. The third-order valence-electron chi connectivity index (χ3n) is 3.26. The first-order valence-corrected chi connectivity index (χ1v) is 6.44. The molecule has 1 aliphatic rings. The van der Waals surface area contributed by atoms with Gasteiger partial charge in [-0.25, -0.2) is 0 Å². The van der Waals surface area contributed by atoms with Crippen molar-refractivity contribution in [2.75, 3.05) is 6.54 Å². The van der Waals surface area contributed by atoms with Gasteiger partial charge in [0.1, 0.15) is 5.75 Å². The van der Waals surface area contributed by atoms with Crippen LogP contribution in [0.25, 0.3) is 0 Å². The third-order valence-corrected chi connectivity index (χ3v) is 3.26. The van der Waals surface area contributed by atoms with Gasteiger partial charge in [-0.05, 0) is 37.5 Å². The Labute approximate surface area is 107 Å². The number of rotatable bonds is 4. The van der Waals surface area contributed by atoms with Gasteiger partial charge in [0, 0.05) is 25.0 Å². The molecule has 0 aliphatic carbocycles. The molecule has 4 heteroatoms. The van der Waals surface area contributed by atoms with E-state index >= 15 is 0 Å². The van der Waals surface area contributed by atoms with Gasteiger partial charge in [0.15, 0.2) is 0 Å². The van der Waals surface area contributed by atoms with Gasteiger partial charge in [0.05, 0.1) is 0 Å². The topological polar surface area (TPSA) is 61.4 Å². The highest BCUT2D eigenvalue weighted by Gasteiger charge is 2.19. The lowest BCUT2D eigenvalue weighted by molar-refractivity contribution is -0.122. The fourth-order valence-corrected chi connectivity index (χ4v) is 2.32. The predicted octanol–water partition coefficient (Wildman–Crippen LogP) is 1.19. The molecular formula is C14H20N2O2. The SMILES string of the molecule is CC(Cc1ccc(O)cc1)NC1CCC(=O)NC1. The summed E-state index contributed by atoms with van der Waals surface area (Å²) in [7, 11) is 0. The normalized spacial score (nSPS) is 21.4. The first-order chi connectivity index (χ1) is 8.63. The van der Waals surface area contributed by atoms with Gasteiger partial charge in [-0.1, -0.05) is 12.1 Å². The van der Waals surface area contributed by atoms with Crippen molar-refractivity contribution in [2.24, 2.45) is 0 Å². The largest absolute Gasteiger partial charge is 0.508 e. The molecule has 1 aliphatic heterocycles. The van der Waals surface area contributed by atoms with Crippen LogP contribution in [-0.2, 0) is 11.2 Å². The molecule has 18 heavy (non-hydrogen) atoms. The molecule has 0 spiro atoms. The molecule has 98 valence electrons. The van der Waals surface area contributed by atoms with Gasteiger partial charge in [-0.2, -0.15) is 0 Å². The molecular weight excluding hydrogens is 228 g/mol. The number of benzene rings is 1. The Hall–Kier alpha value is -1.55. The van der Waals surface area contributed by atoms with E-state index in [9.17, 15) is 9.90 Å².